The molecule has 4 aromatic carbocycles. The molecule has 6 nitrogen and oxygen atoms in total. The quantitative estimate of drug-likeness (QED) is 0.186. The molecule has 0 unspecified atom stereocenters. The fraction of sp³-hybridized carbons (Fsp3) is 0.314. The summed E-state index contributed by atoms with van der Waals surface area (Å²) in [6, 6.07) is 28.1. The zero-order valence-electron chi connectivity index (χ0n) is 23.2. The van der Waals surface area contributed by atoms with Crippen LogP contribution in [0.15, 0.2) is 72.8 Å². The molecule has 9 rings (SSSR count). The average molecular weight is 539 g/mol. The standard InChI is InChI=1S/C35H34N6/c1-18-26-17-32(39-34(18)26)35-40-29-10-7-24(16-31(29)41-35)22-5-3-19-12-21(4-2-20(19)13-22)23-6-9-28-30(15-23)38-33(37-28)11-8-25-14-27(25)36/h2-7,9-10,12-13,15-16,18,25-27,32,34,39H,8,11,14,17,36H2,1H3,(H,37,38)(H,40,41)/t18-,25+,26+,27-,32+,34-/m1/s1. The molecule has 6 atom stereocenters. The molecule has 0 spiro atoms. The number of hydrogen-bond acceptors (Lipinski definition) is 4. The Kier molecular flexibility index (Phi) is 5.05. The smallest absolute Gasteiger partial charge is 0.124 e. The van der Waals surface area contributed by atoms with Crippen molar-refractivity contribution in [3.8, 4) is 22.3 Å². The highest BCUT2D eigenvalue weighted by atomic mass is 15.1. The molecule has 3 heterocycles. The van der Waals surface area contributed by atoms with E-state index in [2.05, 4.69) is 95.0 Å². The maximum atomic E-state index is 5.98. The van der Waals surface area contributed by atoms with Gasteiger partial charge in [-0.25, -0.2) is 9.97 Å². The molecule has 0 bridgehead atoms. The van der Waals surface area contributed by atoms with Gasteiger partial charge in [-0.05, 0) is 106 Å². The molecule has 0 amide bonds. The molecule has 3 aliphatic rings. The van der Waals surface area contributed by atoms with Crippen LogP contribution in [0, 0.1) is 17.8 Å². The highest BCUT2D eigenvalue weighted by Gasteiger charge is 2.53. The van der Waals surface area contributed by atoms with Crippen molar-refractivity contribution in [2.45, 2.75) is 50.7 Å². The third kappa shape index (κ3) is 4.08. The van der Waals surface area contributed by atoms with E-state index in [1.807, 2.05) is 0 Å². The predicted molar refractivity (Wildman–Crippen MR) is 165 cm³/mol. The van der Waals surface area contributed by atoms with Gasteiger partial charge in [0.05, 0.1) is 28.1 Å². The van der Waals surface area contributed by atoms with Crippen molar-refractivity contribution in [1.82, 2.24) is 25.3 Å². The first-order valence-corrected chi connectivity index (χ1v) is 15.1. The van der Waals surface area contributed by atoms with E-state index in [4.69, 9.17) is 15.7 Å². The first kappa shape index (κ1) is 23.7. The van der Waals surface area contributed by atoms with Crippen molar-refractivity contribution >= 4 is 32.8 Å². The van der Waals surface area contributed by atoms with E-state index in [0.717, 1.165) is 64.8 Å². The number of benzene rings is 4. The van der Waals surface area contributed by atoms with Crippen molar-refractivity contribution in [2.75, 3.05) is 0 Å². The molecule has 5 N–H and O–H groups in total. The van der Waals surface area contributed by atoms with Crippen LogP contribution in [0.1, 0.15) is 43.9 Å². The molecule has 0 radical (unpaired) electrons. The lowest BCUT2D eigenvalue weighted by molar-refractivity contribution is 0.499. The Morgan fingerprint density at radius 1 is 0.756 bits per heavy atom. The summed E-state index contributed by atoms with van der Waals surface area (Å²) in [6.45, 7) is 2.34. The van der Waals surface area contributed by atoms with Crippen LogP contribution in [-0.4, -0.2) is 32.0 Å². The van der Waals surface area contributed by atoms with Crippen molar-refractivity contribution in [1.29, 1.82) is 0 Å². The number of nitrogens with zero attached hydrogens (tertiary/aromatic N) is 2. The van der Waals surface area contributed by atoms with Crippen LogP contribution in [0.4, 0.5) is 0 Å². The molecule has 2 aliphatic carbocycles. The fourth-order valence-corrected chi connectivity index (χ4v) is 7.21. The number of aryl methyl sites for hydroxylation is 1. The minimum atomic E-state index is 0.356. The van der Waals surface area contributed by atoms with E-state index in [-0.39, 0.29) is 0 Å². The number of aromatic amines is 2. The number of nitrogens with one attached hydrogen (secondary N) is 3. The van der Waals surface area contributed by atoms with E-state index >= 15 is 0 Å². The van der Waals surface area contributed by atoms with Crippen LogP contribution in [0.2, 0.25) is 0 Å². The Hall–Kier alpha value is -4.00. The monoisotopic (exact) mass is 538 g/mol. The van der Waals surface area contributed by atoms with Gasteiger partial charge in [0.25, 0.3) is 0 Å². The zero-order valence-corrected chi connectivity index (χ0v) is 23.2. The number of H-pyrrole nitrogens is 2. The van der Waals surface area contributed by atoms with Gasteiger partial charge in [0.1, 0.15) is 11.6 Å². The van der Waals surface area contributed by atoms with E-state index in [1.54, 1.807) is 0 Å². The van der Waals surface area contributed by atoms with E-state index in [1.165, 1.54) is 39.4 Å². The summed E-state index contributed by atoms with van der Waals surface area (Å²) >= 11 is 0. The summed E-state index contributed by atoms with van der Waals surface area (Å²) < 4.78 is 0. The van der Waals surface area contributed by atoms with Crippen LogP contribution in [0.5, 0.6) is 0 Å². The van der Waals surface area contributed by atoms with Gasteiger partial charge in [0.15, 0.2) is 0 Å². The first-order chi connectivity index (χ1) is 20.1. The molecule has 1 aliphatic heterocycles. The second-order valence-corrected chi connectivity index (χ2v) is 12.7. The van der Waals surface area contributed by atoms with E-state index < -0.39 is 0 Å². The van der Waals surface area contributed by atoms with Crippen LogP contribution in [-0.2, 0) is 6.42 Å². The summed E-state index contributed by atoms with van der Waals surface area (Å²) in [5.74, 6) is 4.46. The average Bonchev–Trinajstić information content (AvgIpc) is 3.55. The molecular weight excluding hydrogens is 504 g/mol. The van der Waals surface area contributed by atoms with Crippen LogP contribution in [0.3, 0.4) is 0 Å². The molecule has 41 heavy (non-hydrogen) atoms. The van der Waals surface area contributed by atoms with E-state index in [9.17, 15) is 0 Å². The van der Waals surface area contributed by atoms with E-state index in [0.29, 0.717) is 24.0 Å². The van der Waals surface area contributed by atoms with Gasteiger partial charge in [-0.1, -0.05) is 43.3 Å². The fourth-order valence-electron chi connectivity index (χ4n) is 7.21. The third-order valence-corrected chi connectivity index (χ3v) is 10.1. The second-order valence-electron chi connectivity index (χ2n) is 12.7. The minimum Gasteiger partial charge on any atom is -0.342 e. The largest absolute Gasteiger partial charge is 0.342 e. The summed E-state index contributed by atoms with van der Waals surface area (Å²) in [7, 11) is 0. The van der Waals surface area contributed by atoms with Gasteiger partial charge < -0.3 is 21.0 Å². The zero-order chi connectivity index (χ0) is 27.2. The van der Waals surface area contributed by atoms with Crippen LogP contribution >= 0.6 is 0 Å². The van der Waals surface area contributed by atoms with Gasteiger partial charge in [-0.2, -0.15) is 0 Å². The normalized spacial score (nSPS) is 26.7. The number of hydrogen-bond donors (Lipinski definition) is 4. The predicted octanol–water partition coefficient (Wildman–Crippen LogP) is 6.88. The molecular formula is C35H34N6. The van der Waals surface area contributed by atoms with Crippen molar-refractivity contribution in [3.63, 3.8) is 0 Å². The Labute approximate surface area is 238 Å². The number of rotatable bonds is 6. The molecule has 204 valence electrons. The topological polar surface area (TPSA) is 95.4 Å². The number of aromatic nitrogens is 4. The van der Waals surface area contributed by atoms with Gasteiger partial charge in [0, 0.05) is 18.5 Å². The van der Waals surface area contributed by atoms with Crippen LogP contribution in [0.25, 0.3) is 55.1 Å². The molecule has 2 saturated carbocycles. The lowest BCUT2D eigenvalue weighted by atomic mass is 9.97. The van der Waals surface area contributed by atoms with Gasteiger partial charge in [0.2, 0.25) is 0 Å². The van der Waals surface area contributed by atoms with Gasteiger partial charge in [-0.3, -0.25) is 0 Å². The lowest BCUT2D eigenvalue weighted by Crippen LogP contribution is -2.20. The Bertz CT molecular complexity index is 1950. The molecule has 1 saturated heterocycles. The summed E-state index contributed by atoms with van der Waals surface area (Å²) in [5.41, 5.74) is 15.1. The molecule has 2 aromatic heterocycles. The summed E-state index contributed by atoms with van der Waals surface area (Å²) in [6.07, 6.45) is 4.44. The number of nitrogens with two attached hydrogens (primary N) is 1. The Morgan fingerprint density at radius 3 is 2.00 bits per heavy atom. The maximum Gasteiger partial charge on any atom is 0.124 e. The summed E-state index contributed by atoms with van der Waals surface area (Å²) in [5, 5.41) is 6.23. The summed E-state index contributed by atoms with van der Waals surface area (Å²) in [4.78, 5) is 16.9. The lowest BCUT2D eigenvalue weighted by Gasteiger charge is -2.11. The molecule has 6 aromatic rings. The Balaban J connectivity index is 0.967. The number of piperidine rings is 1. The van der Waals surface area contributed by atoms with Crippen molar-refractivity contribution in [2.24, 2.45) is 23.5 Å². The first-order valence-electron chi connectivity index (χ1n) is 15.1. The van der Waals surface area contributed by atoms with Crippen molar-refractivity contribution < 1.29 is 0 Å². The van der Waals surface area contributed by atoms with Gasteiger partial charge >= 0.3 is 0 Å². The molecule has 3 fully saturated rings. The Morgan fingerprint density at radius 2 is 1.37 bits per heavy atom. The number of imidazole rings is 2. The minimum absolute atomic E-state index is 0.356. The highest BCUT2D eigenvalue weighted by molar-refractivity contribution is 5.93. The third-order valence-electron chi connectivity index (χ3n) is 10.1. The number of fused-ring (bicyclic) bond motifs is 4. The second kappa shape index (κ2) is 8.75. The van der Waals surface area contributed by atoms with Crippen LogP contribution < -0.4 is 11.1 Å². The maximum absolute atomic E-state index is 5.98. The van der Waals surface area contributed by atoms with Crippen molar-refractivity contribution in [3.05, 3.63) is 84.4 Å². The molecule has 6 heteroatoms. The SMILES string of the molecule is C[C@@H]1[C@@H]2C[C@@H](c3nc4ccc(-c5ccc6cc(-c7ccc8nc(CC[C@H]9C[C@H]9N)[nH]c8c7)ccc6c5)cc4[nH]3)N[C@H]12. The van der Waals surface area contributed by atoms with Gasteiger partial charge in [-0.15, -0.1) is 0 Å². The highest BCUT2D eigenvalue weighted by Crippen LogP contribution is 2.50.